The molecule has 0 saturated heterocycles. The number of esters is 1. The average molecular weight is 297 g/mol. The summed E-state index contributed by atoms with van der Waals surface area (Å²) in [7, 11) is 0. The highest BCUT2D eigenvalue weighted by atomic mass is 16.5. The highest BCUT2D eigenvalue weighted by Gasteiger charge is 2.19. The number of anilines is 1. The molecule has 0 fully saturated rings. The minimum Gasteiger partial charge on any atom is -0.449 e. The number of rotatable bonds is 4. The molecule has 0 radical (unpaired) electrons. The van der Waals surface area contributed by atoms with Crippen LogP contribution in [0, 0.1) is 13.8 Å². The summed E-state index contributed by atoms with van der Waals surface area (Å²) >= 11 is 0. The van der Waals surface area contributed by atoms with Gasteiger partial charge in [-0.15, -0.1) is 0 Å². The molecule has 0 unspecified atom stereocenters. The Labute approximate surface area is 130 Å². The van der Waals surface area contributed by atoms with E-state index in [1.807, 2.05) is 44.2 Å². The number of benzene rings is 2. The molecule has 0 saturated carbocycles. The maximum absolute atomic E-state index is 12.1. The van der Waals surface area contributed by atoms with Crippen LogP contribution in [0.25, 0.3) is 0 Å². The number of nitrogens with one attached hydrogen (secondary N) is 1. The predicted molar refractivity (Wildman–Crippen MR) is 85.9 cm³/mol. The van der Waals surface area contributed by atoms with Gasteiger partial charge in [0.15, 0.2) is 6.10 Å². The topological polar surface area (TPSA) is 55.4 Å². The van der Waals surface area contributed by atoms with Crippen molar-refractivity contribution in [1.29, 1.82) is 0 Å². The van der Waals surface area contributed by atoms with Crippen molar-refractivity contribution in [2.24, 2.45) is 0 Å². The molecule has 0 bridgehead atoms. The maximum Gasteiger partial charge on any atom is 0.339 e. The lowest BCUT2D eigenvalue weighted by Crippen LogP contribution is -2.30. The van der Waals surface area contributed by atoms with Crippen LogP contribution < -0.4 is 5.32 Å². The molecule has 0 aromatic heterocycles. The molecule has 2 aromatic rings. The summed E-state index contributed by atoms with van der Waals surface area (Å²) in [6, 6.07) is 14.6. The van der Waals surface area contributed by atoms with Gasteiger partial charge in [0.05, 0.1) is 5.56 Å². The number of aryl methyl sites for hydroxylation is 2. The van der Waals surface area contributed by atoms with Crippen molar-refractivity contribution in [3.8, 4) is 0 Å². The molecule has 4 heteroatoms. The van der Waals surface area contributed by atoms with Gasteiger partial charge in [-0.25, -0.2) is 4.79 Å². The highest BCUT2D eigenvalue weighted by molar-refractivity contribution is 5.97. The highest BCUT2D eigenvalue weighted by Crippen LogP contribution is 2.13. The van der Waals surface area contributed by atoms with Gasteiger partial charge in [0.2, 0.25) is 0 Å². The SMILES string of the molecule is Cc1cccc(NC(=O)[C@H](C)OC(=O)c2ccccc2C)c1. The predicted octanol–water partition coefficient (Wildman–Crippen LogP) is 3.49. The van der Waals surface area contributed by atoms with Crippen molar-refractivity contribution >= 4 is 17.6 Å². The molecule has 4 nitrogen and oxygen atoms in total. The first-order chi connectivity index (χ1) is 10.5. The second-order valence-corrected chi connectivity index (χ2v) is 5.22. The van der Waals surface area contributed by atoms with E-state index < -0.39 is 12.1 Å². The number of hydrogen-bond donors (Lipinski definition) is 1. The first kappa shape index (κ1) is 15.8. The van der Waals surface area contributed by atoms with E-state index in [0.717, 1.165) is 11.1 Å². The summed E-state index contributed by atoms with van der Waals surface area (Å²) in [5.74, 6) is -0.850. The maximum atomic E-state index is 12.1. The molecule has 22 heavy (non-hydrogen) atoms. The van der Waals surface area contributed by atoms with Gasteiger partial charge in [0, 0.05) is 5.69 Å². The van der Waals surface area contributed by atoms with Crippen molar-refractivity contribution in [3.63, 3.8) is 0 Å². The van der Waals surface area contributed by atoms with Crippen LogP contribution in [0.1, 0.15) is 28.4 Å². The largest absolute Gasteiger partial charge is 0.449 e. The Morgan fingerprint density at radius 2 is 1.77 bits per heavy atom. The Morgan fingerprint density at radius 1 is 1.05 bits per heavy atom. The van der Waals surface area contributed by atoms with E-state index in [4.69, 9.17) is 4.74 Å². The van der Waals surface area contributed by atoms with Gasteiger partial charge in [-0.05, 0) is 50.1 Å². The summed E-state index contributed by atoms with van der Waals surface area (Å²) < 4.78 is 5.23. The van der Waals surface area contributed by atoms with Gasteiger partial charge < -0.3 is 10.1 Å². The number of amides is 1. The molecule has 2 aromatic carbocycles. The summed E-state index contributed by atoms with van der Waals surface area (Å²) in [5, 5.41) is 2.74. The zero-order chi connectivity index (χ0) is 16.1. The van der Waals surface area contributed by atoms with E-state index in [1.165, 1.54) is 0 Å². The lowest BCUT2D eigenvalue weighted by Gasteiger charge is -2.14. The van der Waals surface area contributed by atoms with Gasteiger partial charge in [-0.3, -0.25) is 4.79 Å². The van der Waals surface area contributed by atoms with Gasteiger partial charge in [-0.2, -0.15) is 0 Å². The lowest BCUT2D eigenvalue weighted by atomic mass is 10.1. The third-order valence-electron chi connectivity index (χ3n) is 3.30. The molecular weight excluding hydrogens is 278 g/mol. The quantitative estimate of drug-likeness (QED) is 0.879. The first-order valence-electron chi connectivity index (χ1n) is 7.11. The molecule has 0 spiro atoms. The smallest absolute Gasteiger partial charge is 0.339 e. The van der Waals surface area contributed by atoms with Crippen molar-refractivity contribution in [2.75, 3.05) is 5.32 Å². The first-order valence-corrected chi connectivity index (χ1v) is 7.11. The molecule has 2 rings (SSSR count). The van der Waals surface area contributed by atoms with Crippen LogP contribution in [-0.4, -0.2) is 18.0 Å². The fourth-order valence-electron chi connectivity index (χ4n) is 2.05. The minimum atomic E-state index is -0.868. The standard InChI is InChI=1S/C18H19NO3/c1-12-7-6-9-15(11-12)19-17(20)14(3)22-18(21)16-10-5-4-8-13(16)2/h4-11,14H,1-3H3,(H,19,20)/t14-/m0/s1. The molecule has 1 amide bonds. The second-order valence-electron chi connectivity index (χ2n) is 5.22. The summed E-state index contributed by atoms with van der Waals surface area (Å²) in [6.45, 7) is 5.33. The summed E-state index contributed by atoms with van der Waals surface area (Å²) in [4.78, 5) is 24.2. The van der Waals surface area contributed by atoms with E-state index in [2.05, 4.69) is 5.32 Å². The van der Waals surface area contributed by atoms with Crippen LogP contribution in [-0.2, 0) is 9.53 Å². The molecular formula is C18H19NO3. The Kier molecular flexibility index (Phi) is 4.94. The number of carbonyl (C=O) groups is 2. The zero-order valence-electron chi connectivity index (χ0n) is 12.9. The van der Waals surface area contributed by atoms with Crippen LogP contribution in [0.4, 0.5) is 5.69 Å². The molecule has 0 aliphatic heterocycles. The van der Waals surface area contributed by atoms with Gasteiger partial charge in [0.1, 0.15) is 0 Å². The fraction of sp³-hybridized carbons (Fsp3) is 0.222. The Balaban J connectivity index is 1.99. The van der Waals surface area contributed by atoms with Gasteiger partial charge >= 0.3 is 5.97 Å². The molecule has 1 atom stereocenters. The van der Waals surface area contributed by atoms with Gasteiger partial charge in [-0.1, -0.05) is 30.3 Å². The zero-order valence-corrected chi connectivity index (χ0v) is 12.9. The van der Waals surface area contributed by atoms with Crippen molar-refractivity contribution in [1.82, 2.24) is 0 Å². The van der Waals surface area contributed by atoms with Crippen molar-refractivity contribution < 1.29 is 14.3 Å². The van der Waals surface area contributed by atoms with E-state index >= 15 is 0 Å². The summed E-state index contributed by atoms with van der Waals surface area (Å²) in [6.07, 6.45) is -0.868. The minimum absolute atomic E-state index is 0.354. The van der Waals surface area contributed by atoms with E-state index in [-0.39, 0.29) is 5.91 Å². The van der Waals surface area contributed by atoms with Crippen LogP contribution in [0.15, 0.2) is 48.5 Å². The van der Waals surface area contributed by atoms with E-state index in [1.54, 1.807) is 25.1 Å². The Hall–Kier alpha value is -2.62. The molecule has 114 valence electrons. The van der Waals surface area contributed by atoms with Gasteiger partial charge in [0.25, 0.3) is 5.91 Å². The van der Waals surface area contributed by atoms with E-state index in [0.29, 0.717) is 11.3 Å². The summed E-state index contributed by atoms with van der Waals surface area (Å²) in [5.41, 5.74) is 3.02. The monoisotopic (exact) mass is 297 g/mol. The normalized spacial score (nSPS) is 11.6. The average Bonchev–Trinajstić information content (AvgIpc) is 2.47. The van der Waals surface area contributed by atoms with Crippen LogP contribution >= 0.6 is 0 Å². The number of hydrogen-bond acceptors (Lipinski definition) is 3. The Bertz CT molecular complexity index is 694. The number of ether oxygens (including phenoxy) is 1. The van der Waals surface area contributed by atoms with E-state index in [9.17, 15) is 9.59 Å². The third kappa shape index (κ3) is 3.95. The molecule has 0 aliphatic carbocycles. The molecule has 1 N–H and O–H groups in total. The lowest BCUT2D eigenvalue weighted by molar-refractivity contribution is -0.123. The molecule has 0 aliphatic rings. The fourth-order valence-corrected chi connectivity index (χ4v) is 2.05. The van der Waals surface area contributed by atoms with Crippen molar-refractivity contribution in [2.45, 2.75) is 26.9 Å². The van der Waals surface area contributed by atoms with Crippen LogP contribution in [0.5, 0.6) is 0 Å². The molecule has 0 heterocycles. The van der Waals surface area contributed by atoms with Crippen LogP contribution in [0.2, 0.25) is 0 Å². The number of carbonyl (C=O) groups excluding carboxylic acids is 2. The van der Waals surface area contributed by atoms with Crippen molar-refractivity contribution in [3.05, 3.63) is 65.2 Å². The second kappa shape index (κ2) is 6.89. The Morgan fingerprint density at radius 3 is 2.45 bits per heavy atom. The van der Waals surface area contributed by atoms with Crippen LogP contribution in [0.3, 0.4) is 0 Å². The third-order valence-corrected chi connectivity index (χ3v) is 3.30.